The van der Waals surface area contributed by atoms with E-state index >= 15 is 0 Å². The Kier molecular flexibility index (Phi) is 7.27. The van der Waals surface area contributed by atoms with Crippen LogP contribution in [0.2, 0.25) is 0 Å². The highest BCUT2D eigenvalue weighted by Gasteiger charge is 2.14. The Bertz CT molecular complexity index is 907. The summed E-state index contributed by atoms with van der Waals surface area (Å²) >= 11 is 3.24. The molecule has 0 spiro atoms. The second-order valence-electron chi connectivity index (χ2n) is 6.71. The first-order valence-electron chi connectivity index (χ1n) is 9.48. The molecular formula is C19H26N6OS2. The zero-order valence-corrected chi connectivity index (χ0v) is 18.1. The normalized spacial score (nSPS) is 11.3. The molecule has 3 heterocycles. The Labute approximate surface area is 173 Å². The molecule has 0 aliphatic carbocycles. The topological polar surface area (TPSA) is 84.7 Å². The van der Waals surface area contributed by atoms with Crippen LogP contribution in [0.5, 0.6) is 0 Å². The van der Waals surface area contributed by atoms with Crippen LogP contribution in [-0.2, 0) is 17.8 Å². The summed E-state index contributed by atoms with van der Waals surface area (Å²) in [4.78, 5) is 22.5. The monoisotopic (exact) mass is 418 g/mol. The van der Waals surface area contributed by atoms with Crippen LogP contribution in [0.1, 0.15) is 32.1 Å². The molecule has 0 bridgehead atoms. The van der Waals surface area contributed by atoms with Crippen LogP contribution in [0.3, 0.4) is 0 Å². The number of hydrogen-bond acceptors (Lipinski definition) is 7. The molecule has 0 radical (unpaired) electrons. The molecule has 0 fully saturated rings. The van der Waals surface area contributed by atoms with Crippen LogP contribution in [-0.4, -0.2) is 44.0 Å². The fourth-order valence-corrected chi connectivity index (χ4v) is 4.07. The first kappa shape index (κ1) is 20.6. The Balaban J connectivity index is 1.70. The molecule has 0 aliphatic rings. The number of aromatic nitrogens is 4. The Hall–Kier alpha value is -2.13. The molecular weight excluding hydrogens is 392 g/mol. The molecule has 2 N–H and O–H groups in total. The van der Waals surface area contributed by atoms with Crippen molar-refractivity contribution < 1.29 is 4.79 Å². The molecule has 150 valence electrons. The Morgan fingerprint density at radius 2 is 2.21 bits per heavy atom. The zero-order chi connectivity index (χ0) is 19.9. The van der Waals surface area contributed by atoms with Crippen molar-refractivity contribution >= 4 is 45.9 Å². The standard InChI is InChI=1S/C19H26N6OS2/c1-4-9-28-19-23-17(22-13(2)3)15-12-21-25(18(15)24-19)8-7-20-16(26)11-14-6-5-10-27-14/h5-6,10,12-13H,4,7-9,11H2,1-3H3,(H,20,26)(H,22,23,24). The lowest BCUT2D eigenvalue weighted by molar-refractivity contribution is -0.120. The summed E-state index contributed by atoms with van der Waals surface area (Å²) < 4.78 is 1.84. The van der Waals surface area contributed by atoms with Crippen molar-refractivity contribution in [1.82, 2.24) is 25.1 Å². The molecule has 7 nitrogen and oxygen atoms in total. The summed E-state index contributed by atoms with van der Waals surface area (Å²) in [6.07, 6.45) is 3.27. The molecule has 3 aromatic rings. The van der Waals surface area contributed by atoms with E-state index in [1.807, 2.05) is 22.2 Å². The van der Waals surface area contributed by atoms with Crippen molar-refractivity contribution in [1.29, 1.82) is 0 Å². The molecule has 3 aromatic heterocycles. The highest BCUT2D eigenvalue weighted by atomic mass is 32.2. The summed E-state index contributed by atoms with van der Waals surface area (Å²) in [5.41, 5.74) is 0.796. The average Bonchev–Trinajstić information content (AvgIpc) is 3.30. The predicted octanol–water partition coefficient (Wildman–Crippen LogP) is 3.57. The van der Waals surface area contributed by atoms with Gasteiger partial charge < -0.3 is 10.6 Å². The molecule has 28 heavy (non-hydrogen) atoms. The minimum atomic E-state index is 0.0230. The van der Waals surface area contributed by atoms with Crippen molar-refractivity contribution in [2.75, 3.05) is 17.6 Å². The quantitative estimate of drug-likeness (QED) is 0.387. The molecule has 0 aliphatic heterocycles. The fraction of sp³-hybridized carbons (Fsp3) is 0.474. The van der Waals surface area contributed by atoms with Gasteiger partial charge in [0.2, 0.25) is 5.91 Å². The fourth-order valence-electron chi connectivity index (χ4n) is 2.68. The van der Waals surface area contributed by atoms with Crippen molar-refractivity contribution in [2.45, 2.75) is 51.4 Å². The lowest BCUT2D eigenvalue weighted by Gasteiger charge is -2.12. The molecule has 0 unspecified atom stereocenters. The van der Waals surface area contributed by atoms with Crippen LogP contribution >= 0.6 is 23.1 Å². The van der Waals surface area contributed by atoms with Gasteiger partial charge in [-0.1, -0.05) is 24.8 Å². The maximum atomic E-state index is 12.1. The van der Waals surface area contributed by atoms with E-state index in [-0.39, 0.29) is 11.9 Å². The number of nitrogens with zero attached hydrogens (tertiary/aromatic N) is 4. The van der Waals surface area contributed by atoms with E-state index in [2.05, 4.69) is 41.5 Å². The smallest absolute Gasteiger partial charge is 0.225 e. The van der Waals surface area contributed by atoms with E-state index in [9.17, 15) is 4.79 Å². The predicted molar refractivity (Wildman–Crippen MR) is 116 cm³/mol. The second kappa shape index (κ2) is 9.88. The van der Waals surface area contributed by atoms with E-state index < -0.39 is 0 Å². The third-order valence-corrected chi connectivity index (χ3v) is 5.83. The minimum absolute atomic E-state index is 0.0230. The van der Waals surface area contributed by atoms with Crippen LogP contribution < -0.4 is 10.6 Å². The van der Waals surface area contributed by atoms with Gasteiger partial charge in [-0.15, -0.1) is 11.3 Å². The number of thioether (sulfide) groups is 1. The van der Waals surface area contributed by atoms with Gasteiger partial charge in [-0.05, 0) is 31.7 Å². The maximum Gasteiger partial charge on any atom is 0.225 e. The minimum Gasteiger partial charge on any atom is -0.367 e. The van der Waals surface area contributed by atoms with Crippen LogP contribution in [0.4, 0.5) is 5.82 Å². The van der Waals surface area contributed by atoms with Gasteiger partial charge in [0.15, 0.2) is 10.8 Å². The molecule has 1 amide bonds. The van der Waals surface area contributed by atoms with Gasteiger partial charge in [0.1, 0.15) is 5.82 Å². The van der Waals surface area contributed by atoms with Gasteiger partial charge >= 0.3 is 0 Å². The Morgan fingerprint density at radius 3 is 2.93 bits per heavy atom. The number of thiophene rings is 1. The lowest BCUT2D eigenvalue weighted by Crippen LogP contribution is -2.28. The maximum absolute atomic E-state index is 12.1. The number of fused-ring (bicyclic) bond motifs is 1. The van der Waals surface area contributed by atoms with E-state index in [0.29, 0.717) is 19.5 Å². The molecule has 0 saturated heterocycles. The molecule has 3 rings (SSSR count). The first-order chi connectivity index (χ1) is 13.6. The van der Waals surface area contributed by atoms with Gasteiger partial charge in [-0.25, -0.2) is 14.6 Å². The van der Waals surface area contributed by atoms with E-state index in [0.717, 1.165) is 39.1 Å². The first-order valence-corrected chi connectivity index (χ1v) is 11.3. The third-order valence-electron chi connectivity index (χ3n) is 3.90. The van der Waals surface area contributed by atoms with Crippen LogP contribution in [0.15, 0.2) is 28.9 Å². The third kappa shape index (κ3) is 5.45. The van der Waals surface area contributed by atoms with Crippen molar-refractivity contribution in [2.24, 2.45) is 0 Å². The van der Waals surface area contributed by atoms with Crippen molar-refractivity contribution in [3.05, 3.63) is 28.6 Å². The van der Waals surface area contributed by atoms with Gasteiger partial charge in [0, 0.05) is 23.2 Å². The summed E-state index contributed by atoms with van der Waals surface area (Å²) in [7, 11) is 0. The molecule has 0 atom stereocenters. The second-order valence-corrected chi connectivity index (χ2v) is 8.81. The lowest BCUT2D eigenvalue weighted by atomic mass is 10.3. The molecule has 0 aromatic carbocycles. The van der Waals surface area contributed by atoms with E-state index in [1.165, 1.54) is 0 Å². The van der Waals surface area contributed by atoms with Gasteiger partial charge in [0.05, 0.1) is 24.5 Å². The van der Waals surface area contributed by atoms with Gasteiger partial charge in [0.25, 0.3) is 0 Å². The number of hydrogen-bond donors (Lipinski definition) is 2. The zero-order valence-electron chi connectivity index (χ0n) is 16.4. The highest BCUT2D eigenvalue weighted by molar-refractivity contribution is 7.99. The highest BCUT2D eigenvalue weighted by Crippen LogP contribution is 2.25. The number of carbonyl (C=O) groups excluding carboxylic acids is 1. The number of amides is 1. The summed E-state index contributed by atoms with van der Waals surface area (Å²) in [6.45, 7) is 7.38. The summed E-state index contributed by atoms with van der Waals surface area (Å²) in [6, 6.07) is 4.20. The van der Waals surface area contributed by atoms with Crippen molar-refractivity contribution in [3.8, 4) is 0 Å². The van der Waals surface area contributed by atoms with E-state index in [4.69, 9.17) is 4.98 Å². The van der Waals surface area contributed by atoms with Crippen molar-refractivity contribution in [3.63, 3.8) is 0 Å². The van der Waals surface area contributed by atoms with Crippen LogP contribution in [0, 0.1) is 0 Å². The van der Waals surface area contributed by atoms with Gasteiger partial charge in [-0.2, -0.15) is 5.10 Å². The molecule has 0 saturated carbocycles. The van der Waals surface area contributed by atoms with E-state index in [1.54, 1.807) is 29.3 Å². The number of rotatable bonds is 10. The number of anilines is 1. The van der Waals surface area contributed by atoms with Crippen LogP contribution in [0.25, 0.3) is 11.0 Å². The molecule has 9 heteroatoms. The number of carbonyl (C=O) groups is 1. The summed E-state index contributed by atoms with van der Waals surface area (Å²) in [5.74, 6) is 1.81. The number of nitrogens with one attached hydrogen (secondary N) is 2. The summed E-state index contributed by atoms with van der Waals surface area (Å²) in [5, 5.41) is 14.5. The largest absolute Gasteiger partial charge is 0.367 e. The Morgan fingerprint density at radius 1 is 1.36 bits per heavy atom. The van der Waals surface area contributed by atoms with Gasteiger partial charge in [-0.3, -0.25) is 4.79 Å². The average molecular weight is 419 g/mol. The SMILES string of the molecule is CCCSc1nc(NC(C)C)c2cnn(CCNC(=O)Cc3cccs3)c2n1.